The van der Waals surface area contributed by atoms with Crippen molar-refractivity contribution in [3.63, 3.8) is 0 Å². The summed E-state index contributed by atoms with van der Waals surface area (Å²) in [4.78, 5) is 18.1. The number of hydrogen-bond donors (Lipinski definition) is 0. The molecule has 0 unspecified atom stereocenters. The SMILES string of the molecule is CN(C)CCn1ncc(Br)c1C(=O)c1ccncc1F. The molecule has 0 saturated heterocycles. The summed E-state index contributed by atoms with van der Waals surface area (Å²) in [5, 5.41) is 4.15. The van der Waals surface area contributed by atoms with E-state index in [1.54, 1.807) is 10.9 Å². The highest BCUT2D eigenvalue weighted by Crippen LogP contribution is 2.21. The lowest BCUT2D eigenvalue weighted by atomic mass is 10.1. The van der Waals surface area contributed by atoms with E-state index in [1.165, 1.54) is 12.3 Å². The van der Waals surface area contributed by atoms with Crippen LogP contribution in [0.1, 0.15) is 16.1 Å². The first-order chi connectivity index (χ1) is 9.50. The number of carbonyl (C=O) groups is 1. The molecule has 2 aromatic rings. The van der Waals surface area contributed by atoms with E-state index < -0.39 is 11.6 Å². The van der Waals surface area contributed by atoms with Crippen LogP contribution >= 0.6 is 15.9 Å². The predicted octanol–water partition coefficient (Wildman–Crippen LogP) is 1.97. The Bertz CT molecular complexity index is 627. The average Bonchev–Trinajstić information content (AvgIpc) is 2.77. The van der Waals surface area contributed by atoms with Gasteiger partial charge in [0.2, 0.25) is 5.78 Å². The number of ketones is 1. The largest absolute Gasteiger partial charge is 0.308 e. The quantitative estimate of drug-likeness (QED) is 0.781. The first-order valence-corrected chi connectivity index (χ1v) is 6.80. The molecule has 0 aromatic carbocycles. The fourth-order valence-corrected chi connectivity index (χ4v) is 2.22. The lowest BCUT2D eigenvalue weighted by Crippen LogP contribution is -2.22. The fraction of sp³-hybridized carbons (Fsp3) is 0.308. The molecule has 7 heteroatoms. The van der Waals surface area contributed by atoms with Crippen LogP contribution in [0, 0.1) is 5.82 Å². The molecule has 0 amide bonds. The van der Waals surface area contributed by atoms with Gasteiger partial charge < -0.3 is 4.90 Å². The second kappa shape index (κ2) is 6.23. The van der Waals surface area contributed by atoms with Crippen LogP contribution in [0.15, 0.2) is 29.1 Å². The predicted molar refractivity (Wildman–Crippen MR) is 76.1 cm³/mol. The van der Waals surface area contributed by atoms with Crippen molar-refractivity contribution in [2.24, 2.45) is 0 Å². The first-order valence-electron chi connectivity index (χ1n) is 6.01. The minimum Gasteiger partial charge on any atom is -0.308 e. The molecule has 2 rings (SSSR count). The van der Waals surface area contributed by atoms with E-state index in [4.69, 9.17) is 0 Å². The van der Waals surface area contributed by atoms with Crippen LogP contribution in [0.2, 0.25) is 0 Å². The molecule has 20 heavy (non-hydrogen) atoms. The molecule has 0 spiro atoms. The maximum atomic E-state index is 13.7. The minimum absolute atomic E-state index is 0.00713. The smallest absolute Gasteiger partial charge is 0.215 e. The molecule has 0 saturated carbocycles. The van der Waals surface area contributed by atoms with Crippen molar-refractivity contribution >= 4 is 21.7 Å². The number of nitrogens with zero attached hydrogens (tertiary/aromatic N) is 4. The molecule has 0 fully saturated rings. The number of rotatable bonds is 5. The number of pyridine rings is 1. The van der Waals surface area contributed by atoms with Crippen molar-refractivity contribution in [3.05, 3.63) is 46.2 Å². The Morgan fingerprint density at radius 3 is 2.85 bits per heavy atom. The van der Waals surface area contributed by atoms with E-state index in [2.05, 4.69) is 26.0 Å². The van der Waals surface area contributed by atoms with Crippen molar-refractivity contribution in [2.45, 2.75) is 6.54 Å². The molecule has 0 N–H and O–H groups in total. The Labute approximate surface area is 124 Å². The van der Waals surface area contributed by atoms with Gasteiger partial charge in [-0.1, -0.05) is 0 Å². The highest BCUT2D eigenvalue weighted by Gasteiger charge is 2.21. The standard InChI is InChI=1S/C13H14BrFN4O/c1-18(2)5-6-19-12(10(14)7-17-19)13(20)9-3-4-16-8-11(9)15/h3-4,7-8H,5-6H2,1-2H3. The van der Waals surface area contributed by atoms with Gasteiger partial charge in [-0.2, -0.15) is 5.10 Å². The van der Waals surface area contributed by atoms with Gasteiger partial charge in [0, 0.05) is 12.7 Å². The molecule has 2 aromatic heterocycles. The van der Waals surface area contributed by atoms with Crippen LogP contribution in [0.3, 0.4) is 0 Å². The van der Waals surface area contributed by atoms with Gasteiger partial charge in [-0.25, -0.2) is 4.39 Å². The Morgan fingerprint density at radius 2 is 2.20 bits per heavy atom. The summed E-state index contributed by atoms with van der Waals surface area (Å²) in [6, 6.07) is 1.37. The normalized spacial score (nSPS) is 11.1. The Morgan fingerprint density at radius 1 is 1.45 bits per heavy atom. The van der Waals surface area contributed by atoms with Crippen LogP contribution in [-0.2, 0) is 6.54 Å². The zero-order chi connectivity index (χ0) is 14.7. The topological polar surface area (TPSA) is 51.0 Å². The number of halogens is 2. The van der Waals surface area contributed by atoms with Gasteiger partial charge in [-0.15, -0.1) is 0 Å². The summed E-state index contributed by atoms with van der Waals surface area (Å²) in [5.41, 5.74) is 0.337. The molecular weight excluding hydrogens is 327 g/mol. The van der Waals surface area contributed by atoms with Gasteiger partial charge in [0.05, 0.1) is 29.0 Å². The van der Waals surface area contributed by atoms with Gasteiger partial charge in [0.15, 0.2) is 5.82 Å². The van der Waals surface area contributed by atoms with Crippen LogP contribution in [-0.4, -0.2) is 46.1 Å². The number of aromatic nitrogens is 3. The first kappa shape index (κ1) is 14.8. The van der Waals surface area contributed by atoms with Crippen LogP contribution in [0.25, 0.3) is 0 Å². The summed E-state index contributed by atoms with van der Waals surface area (Å²) >= 11 is 3.29. The van der Waals surface area contributed by atoms with Crippen molar-refractivity contribution in [2.75, 3.05) is 20.6 Å². The molecule has 0 radical (unpaired) electrons. The number of carbonyl (C=O) groups excluding carboxylic acids is 1. The molecule has 5 nitrogen and oxygen atoms in total. The summed E-state index contributed by atoms with van der Waals surface area (Å²) < 4.78 is 15.8. The lowest BCUT2D eigenvalue weighted by molar-refractivity contribution is 0.102. The maximum absolute atomic E-state index is 13.7. The Hall–Kier alpha value is -1.60. The highest BCUT2D eigenvalue weighted by atomic mass is 79.9. The fourth-order valence-electron chi connectivity index (χ4n) is 1.74. The average molecular weight is 341 g/mol. The summed E-state index contributed by atoms with van der Waals surface area (Å²) in [5.74, 6) is -1.04. The second-order valence-corrected chi connectivity index (χ2v) is 5.41. The zero-order valence-electron chi connectivity index (χ0n) is 11.2. The van der Waals surface area contributed by atoms with E-state index >= 15 is 0 Å². The van der Waals surface area contributed by atoms with E-state index in [1.807, 2.05) is 19.0 Å². The van der Waals surface area contributed by atoms with Crippen LogP contribution in [0.5, 0.6) is 0 Å². The van der Waals surface area contributed by atoms with Crippen molar-refractivity contribution < 1.29 is 9.18 Å². The van der Waals surface area contributed by atoms with Gasteiger partial charge in [0.1, 0.15) is 5.69 Å². The third-order valence-electron chi connectivity index (χ3n) is 2.79. The van der Waals surface area contributed by atoms with E-state index in [-0.39, 0.29) is 5.56 Å². The molecule has 0 aliphatic carbocycles. The minimum atomic E-state index is -0.634. The van der Waals surface area contributed by atoms with Gasteiger partial charge >= 0.3 is 0 Å². The molecule has 0 aliphatic rings. The lowest BCUT2D eigenvalue weighted by Gasteiger charge is -2.12. The Kier molecular flexibility index (Phi) is 4.61. The molecule has 106 valence electrons. The van der Waals surface area contributed by atoms with Crippen molar-refractivity contribution in [3.8, 4) is 0 Å². The second-order valence-electron chi connectivity index (χ2n) is 4.55. The summed E-state index contributed by atoms with van der Waals surface area (Å²) in [6.45, 7) is 1.28. The molecule has 0 bridgehead atoms. The third-order valence-corrected chi connectivity index (χ3v) is 3.37. The molecule has 0 atom stereocenters. The Balaban J connectivity index is 2.35. The third kappa shape index (κ3) is 3.10. The van der Waals surface area contributed by atoms with Crippen molar-refractivity contribution in [1.82, 2.24) is 19.7 Å². The van der Waals surface area contributed by atoms with E-state index in [0.717, 1.165) is 12.7 Å². The molecular formula is C13H14BrFN4O. The number of likely N-dealkylation sites (N-methyl/N-ethyl adjacent to an activating group) is 1. The van der Waals surface area contributed by atoms with Crippen LogP contribution in [0.4, 0.5) is 4.39 Å². The van der Waals surface area contributed by atoms with Gasteiger partial charge in [-0.3, -0.25) is 14.5 Å². The summed E-state index contributed by atoms with van der Waals surface area (Å²) in [7, 11) is 3.87. The van der Waals surface area contributed by atoms with E-state index in [0.29, 0.717) is 16.7 Å². The molecule has 0 aliphatic heterocycles. The number of hydrogen-bond acceptors (Lipinski definition) is 4. The summed E-state index contributed by atoms with van der Waals surface area (Å²) in [6.07, 6.45) is 3.97. The van der Waals surface area contributed by atoms with Gasteiger partial charge in [0.25, 0.3) is 0 Å². The molecule has 2 heterocycles. The van der Waals surface area contributed by atoms with Crippen LogP contribution < -0.4 is 0 Å². The maximum Gasteiger partial charge on any atom is 0.215 e. The highest BCUT2D eigenvalue weighted by molar-refractivity contribution is 9.10. The monoisotopic (exact) mass is 340 g/mol. The van der Waals surface area contributed by atoms with Gasteiger partial charge in [-0.05, 0) is 36.1 Å². The van der Waals surface area contributed by atoms with E-state index in [9.17, 15) is 9.18 Å². The van der Waals surface area contributed by atoms with Crippen molar-refractivity contribution in [1.29, 1.82) is 0 Å². The zero-order valence-corrected chi connectivity index (χ0v) is 12.8.